The SMILES string of the molecule is COC(=O)CCC1(C(=O)OC)OCC2(CO1)c1ccccc1-c1ccccc12. The summed E-state index contributed by atoms with van der Waals surface area (Å²) in [6, 6.07) is 16.3. The normalized spacial score (nSPS) is 18.2. The lowest BCUT2D eigenvalue weighted by Crippen LogP contribution is -2.56. The van der Waals surface area contributed by atoms with Gasteiger partial charge in [-0.3, -0.25) is 4.79 Å². The molecule has 0 N–H and O–H groups in total. The van der Waals surface area contributed by atoms with Crippen LogP contribution in [0.1, 0.15) is 24.0 Å². The minimum atomic E-state index is -1.61. The molecule has 0 unspecified atom stereocenters. The lowest BCUT2D eigenvalue weighted by atomic mass is 9.78. The van der Waals surface area contributed by atoms with Crippen LogP contribution in [0.4, 0.5) is 0 Å². The molecule has 146 valence electrons. The second-order valence-corrected chi connectivity index (χ2v) is 7.07. The van der Waals surface area contributed by atoms with E-state index in [1.165, 1.54) is 14.2 Å². The Balaban J connectivity index is 1.68. The zero-order chi connectivity index (χ0) is 19.8. The molecular formula is C22H22O6. The molecule has 0 radical (unpaired) electrons. The summed E-state index contributed by atoms with van der Waals surface area (Å²) in [6.07, 6.45) is 0.0253. The van der Waals surface area contributed by atoms with Gasteiger partial charge in [-0.1, -0.05) is 48.5 Å². The highest BCUT2D eigenvalue weighted by molar-refractivity contribution is 5.82. The lowest BCUT2D eigenvalue weighted by Gasteiger charge is -2.43. The molecule has 1 aliphatic carbocycles. The van der Waals surface area contributed by atoms with Crippen LogP contribution in [0.25, 0.3) is 11.1 Å². The number of rotatable bonds is 4. The number of carbonyl (C=O) groups is 2. The number of hydrogen-bond donors (Lipinski definition) is 0. The van der Waals surface area contributed by atoms with Gasteiger partial charge in [-0.2, -0.15) is 0 Å². The van der Waals surface area contributed by atoms with Crippen LogP contribution in [0.5, 0.6) is 0 Å². The van der Waals surface area contributed by atoms with E-state index in [0.29, 0.717) is 0 Å². The fraction of sp³-hybridized carbons (Fsp3) is 0.364. The Bertz CT molecular complexity index is 863. The van der Waals surface area contributed by atoms with Gasteiger partial charge < -0.3 is 18.9 Å². The van der Waals surface area contributed by atoms with Crippen molar-refractivity contribution in [2.75, 3.05) is 27.4 Å². The number of esters is 2. The molecule has 1 aliphatic heterocycles. The van der Waals surface area contributed by atoms with Crippen molar-refractivity contribution in [3.8, 4) is 11.1 Å². The van der Waals surface area contributed by atoms with Crippen molar-refractivity contribution in [3.05, 3.63) is 59.7 Å². The van der Waals surface area contributed by atoms with Crippen LogP contribution in [0.2, 0.25) is 0 Å². The predicted octanol–water partition coefficient (Wildman–Crippen LogP) is 2.82. The van der Waals surface area contributed by atoms with Gasteiger partial charge in [0.2, 0.25) is 0 Å². The minimum Gasteiger partial charge on any atom is -0.469 e. The fourth-order valence-corrected chi connectivity index (χ4v) is 4.18. The molecule has 1 heterocycles. The van der Waals surface area contributed by atoms with E-state index in [1.807, 2.05) is 24.3 Å². The average Bonchev–Trinajstić information content (AvgIpc) is 3.03. The van der Waals surface area contributed by atoms with Crippen LogP contribution in [0.3, 0.4) is 0 Å². The van der Waals surface area contributed by atoms with Crippen LogP contribution >= 0.6 is 0 Å². The number of methoxy groups -OCH3 is 2. The quantitative estimate of drug-likeness (QED) is 0.758. The van der Waals surface area contributed by atoms with Gasteiger partial charge >= 0.3 is 11.9 Å². The summed E-state index contributed by atoms with van der Waals surface area (Å²) >= 11 is 0. The Hall–Kier alpha value is -2.70. The van der Waals surface area contributed by atoms with Crippen molar-refractivity contribution in [3.63, 3.8) is 0 Å². The number of benzene rings is 2. The third-order valence-corrected chi connectivity index (χ3v) is 5.66. The van der Waals surface area contributed by atoms with Crippen molar-refractivity contribution in [1.82, 2.24) is 0 Å². The van der Waals surface area contributed by atoms with E-state index >= 15 is 0 Å². The van der Waals surface area contributed by atoms with E-state index < -0.39 is 23.1 Å². The third kappa shape index (κ3) is 2.72. The monoisotopic (exact) mass is 382 g/mol. The molecule has 0 aromatic heterocycles. The van der Waals surface area contributed by atoms with E-state index in [4.69, 9.17) is 14.2 Å². The van der Waals surface area contributed by atoms with Crippen molar-refractivity contribution in [1.29, 1.82) is 0 Å². The van der Waals surface area contributed by atoms with E-state index in [9.17, 15) is 9.59 Å². The number of carbonyl (C=O) groups excluding carboxylic acids is 2. The lowest BCUT2D eigenvalue weighted by molar-refractivity contribution is -0.284. The molecule has 1 fully saturated rings. The van der Waals surface area contributed by atoms with Crippen LogP contribution < -0.4 is 0 Å². The van der Waals surface area contributed by atoms with Gasteiger partial charge in [0.15, 0.2) is 0 Å². The Labute approximate surface area is 163 Å². The maximum absolute atomic E-state index is 12.5. The number of fused-ring (bicyclic) bond motifs is 5. The molecule has 2 aliphatic rings. The van der Waals surface area contributed by atoms with E-state index in [-0.39, 0.29) is 26.1 Å². The summed E-state index contributed by atoms with van der Waals surface area (Å²) < 4.78 is 21.7. The van der Waals surface area contributed by atoms with Gasteiger partial charge in [-0.05, 0) is 22.3 Å². The van der Waals surface area contributed by atoms with Crippen molar-refractivity contribution in [2.24, 2.45) is 0 Å². The van der Waals surface area contributed by atoms with Crippen LogP contribution in [-0.4, -0.2) is 45.2 Å². The third-order valence-electron chi connectivity index (χ3n) is 5.66. The first-order chi connectivity index (χ1) is 13.6. The molecule has 2 aromatic rings. The Morgan fingerprint density at radius 3 is 1.93 bits per heavy atom. The molecule has 0 bridgehead atoms. The first kappa shape index (κ1) is 18.7. The zero-order valence-corrected chi connectivity index (χ0v) is 15.9. The number of hydrogen-bond acceptors (Lipinski definition) is 6. The first-order valence-electron chi connectivity index (χ1n) is 9.19. The fourth-order valence-electron chi connectivity index (χ4n) is 4.18. The maximum atomic E-state index is 12.5. The van der Waals surface area contributed by atoms with Gasteiger partial charge in [-0.15, -0.1) is 0 Å². The smallest absolute Gasteiger partial charge is 0.366 e. The van der Waals surface area contributed by atoms with Gasteiger partial charge in [-0.25, -0.2) is 4.79 Å². The molecule has 6 nitrogen and oxygen atoms in total. The van der Waals surface area contributed by atoms with E-state index in [1.54, 1.807) is 0 Å². The largest absolute Gasteiger partial charge is 0.469 e. The van der Waals surface area contributed by atoms with Gasteiger partial charge in [0.1, 0.15) is 0 Å². The molecule has 1 saturated heterocycles. The van der Waals surface area contributed by atoms with Crippen molar-refractivity contribution < 1.29 is 28.5 Å². The molecular weight excluding hydrogens is 360 g/mol. The van der Waals surface area contributed by atoms with Crippen LogP contribution in [0, 0.1) is 0 Å². The topological polar surface area (TPSA) is 71.1 Å². The molecule has 1 spiro atoms. The summed E-state index contributed by atoms with van der Waals surface area (Å²) in [5.41, 5.74) is 4.01. The maximum Gasteiger partial charge on any atom is 0.366 e. The molecule has 0 atom stereocenters. The Kier molecular flexibility index (Phi) is 4.69. The van der Waals surface area contributed by atoms with Gasteiger partial charge in [0.25, 0.3) is 5.79 Å². The van der Waals surface area contributed by atoms with Crippen molar-refractivity contribution >= 4 is 11.9 Å². The van der Waals surface area contributed by atoms with Crippen LogP contribution in [0.15, 0.2) is 48.5 Å². The molecule has 6 heteroatoms. The number of ether oxygens (including phenoxy) is 4. The second-order valence-electron chi connectivity index (χ2n) is 7.07. The Morgan fingerprint density at radius 2 is 1.43 bits per heavy atom. The molecule has 28 heavy (non-hydrogen) atoms. The van der Waals surface area contributed by atoms with E-state index in [2.05, 4.69) is 29.0 Å². The predicted molar refractivity (Wildman–Crippen MR) is 101 cm³/mol. The highest BCUT2D eigenvalue weighted by Crippen LogP contribution is 2.51. The molecule has 0 amide bonds. The minimum absolute atomic E-state index is 0.00816. The Morgan fingerprint density at radius 1 is 0.893 bits per heavy atom. The summed E-state index contributed by atoms with van der Waals surface area (Å²) in [7, 11) is 2.58. The summed E-state index contributed by atoms with van der Waals surface area (Å²) in [4.78, 5) is 24.1. The molecule has 4 rings (SSSR count). The first-order valence-corrected chi connectivity index (χ1v) is 9.19. The standard InChI is InChI=1S/C22H22O6/c1-25-19(23)11-12-22(20(24)26-2)27-13-21(14-28-22)17-9-5-3-7-15(17)16-8-4-6-10-18(16)21/h3-10H,11-14H2,1-2H3. The summed E-state index contributed by atoms with van der Waals surface area (Å²) in [6.45, 7) is 0.495. The zero-order valence-electron chi connectivity index (χ0n) is 15.9. The second kappa shape index (κ2) is 7.04. The summed E-state index contributed by atoms with van der Waals surface area (Å²) in [5.74, 6) is -2.70. The molecule has 0 saturated carbocycles. The highest BCUT2D eigenvalue weighted by atomic mass is 16.7. The van der Waals surface area contributed by atoms with E-state index in [0.717, 1.165) is 22.3 Å². The summed E-state index contributed by atoms with van der Waals surface area (Å²) in [5, 5.41) is 0. The average molecular weight is 382 g/mol. The molecule has 2 aromatic carbocycles. The highest BCUT2D eigenvalue weighted by Gasteiger charge is 2.54. The van der Waals surface area contributed by atoms with Crippen molar-refractivity contribution in [2.45, 2.75) is 24.0 Å². The van der Waals surface area contributed by atoms with Gasteiger partial charge in [0, 0.05) is 6.42 Å². The van der Waals surface area contributed by atoms with Crippen LogP contribution in [-0.2, 0) is 34.0 Å². The van der Waals surface area contributed by atoms with Gasteiger partial charge in [0.05, 0.1) is 39.3 Å².